The van der Waals surface area contributed by atoms with Gasteiger partial charge in [0.25, 0.3) is 0 Å². The van der Waals surface area contributed by atoms with E-state index in [-0.39, 0.29) is 12.0 Å². The third kappa shape index (κ3) is 3.29. The average molecular weight is 199 g/mol. The molecule has 0 saturated carbocycles. The second-order valence-corrected chi connectivity index (χ2v) is 4.63. The van der Waals surface area contributed by atoms with Gasteiger partial charge in [-0.25, -0.2) is 0 Å². The quantitative estimate of drug-likeness (QED) is 0.729. The molecule has 0 radical (unpaired) electrons. The molecule has 0 amide bonds. The van der Waals surface area contributed by atoms with Gasteiger partial charge < -0.3 is 10.4 Å². The van der Waals surface area contributed by atoms with Gasteiger partial charge in [0.15, 0.2) is 0 Å². The van der Waals surface area contributed by atoms with Crippen LogP contribution in [0.25, 0.3) is 0 Å². The lowest BCUT2D eigenvalue weighted by atomic mass is 9.89. The molecule has 1 saturated heterocycles. The van der Waals surface area contributed by atoms with Crippen molar-refractivity contribution >= 4 is 5.97 Å². The normalized spacial score (nSPS) is 28.8. The first-order chi connectivity index (χ1) is 6.61. The van der Waals surface area contributed by atoms with Gasteiger partial charge in [0, 0.05) is 6.04 Å². The van der Waals surface area contributed by atoms with Crippen molar-refractivity contribution in [2.75, 3.05) is 6.54 Å². The maximum atomic E-state index is 11.1. The zero-order valence-electron chi connectivity index (χ0n) is 9.12. The van der Waals surface area contributed by atoms with E-state index < -0.39 is 5.97 Å². The number of aliphatic carboxylic acids is 1. The highest BCUT2D eigenvalue weighted by Crippen LogP contribution is 2.21. The molecule has 1 aliphatic heterocycles. The predicted molar refractivity (Wildman–Crippen MR) is 56.2 cm³/mol. The van der Waals surface area contributed by atoms with E-state index in [1.165, 1.54) is 0 Å². The third-order valence-electron chi connectivity index (χ3n) is 2.88. The van der Waals surface area contributed by atoms with Gasteiger partial charge in [0.2, 0.25) is 0 Å². The smallest absolute Gasteiger partial charge is 0.308 e. The number of hydrogen-bond donors (Lipinski definition) is 2. The van der Waals surface area contributed by atoms with E-state index in [1.54, 1.807) is 0 Å². The largest absolute Gasteiger partial charge is 0.481 e. The fourth-order valence-corrected chi connectivity index (χ4v) is 2.17. The van der Waals surface area contributed by atoms with Crippen LogP contribution in [0.15, 0.2) is 0 Å². The summed E-state index contributed by atoms with van der Waals surface area (Å²) in [6.45, 7) is 5.26. The van der Waals surface area contributed by atoms with Crippen LogP contribution in [0.1, 0.15) is 39.5 Å². The Morgan fingerprint density at radius 3 is 2.79 bits per heavy atom. The van der Waals surface area contributed by atoms with Gasteiger partial charge in [-0.05, 0) is 31.7 Å². The molecule has 2 atom stereocenters. The number of nitrogens with one attached hydrogen (secondary N) is 1. The SMILES string of the molecule is CC(C)C[C@@H]1NCCCC[C@H]1C(=O)O. The van der Waals surface area contributed by atoms with Crippen molar-refractivity contribution in [3.8, 4) is 0 Å². The lowest BCUT2D eigenvalue weighted by molar-refractivity contribution is -0.143. The number of carboxylic acid groups (broad SMARTS) is 1. The zero-order valence-corrected chi connectivity index (χ0v) is 9.12. The molecule has 0 aliphatic carbocycles. The third-order valence-corrected chi connectivity index (χ3v) is 2.88. The Labute approximate surface area is 85.9 Å². The number of carboxylic acids is 1. The van der Waals surface area contributed by atoms with Crippen molar-refractivity contribution < 1.29 is 9.90 Å². The maximum Gasteiger partial charge on any atom is 0.308 e. The highest BCUT2D eigenvalue weighted by atomic mass is 16.4. The summed E-state index contributed by atoms with van der Waals surface area (Å²) < 4.78 is 0. The summed E-state index contributed by atoms with van der Waals surface area (Å²) in [4.78, 5) is 11.1. The Balaban J connectivity index is 2.59. The van der Waals surface area contributed by atoms with Crippen molar-refractivity contribution in [2.45, 2.75) is 45.6 Å². The van der Waals surface area contributed by atoms with Crippen LogP contribution in [0.4, 0.5) is 0 Å². The van der Waals surface area contributed by atoms with Crippen LogP contribution in [0.3, 0.4) is 0 Å². The molecule has 0 aromatic rings. The molecule has 82 valence electrons. The first-order valence-corrected chi connectivity index (χ1v) is 5.57. The molecule has 3 heteroatoms. The molecule has 1 aliphatic rings. The van der Waals surface area contributed by atoms with Crippen LogP contribution in [0.5, 0.6) is 0 Å². The lowest BCUT2D eigenvalue weighted by Gasteiger charge is -2.24. The van der Waals surface area contributed by atoms with Gasteiger partial charge in [-0.1, -0.05) is 20.3 Å². The molecular formula is C11H21NO2. The highest BCUT2D eigenvalue weighted by Gasteiger charge is 2.29. The zero-order chi connectivity index (χ0) is 10.6. The first kappa shape index (κ1) is 11.5. The molecule has 0 spiro atoms. The van der Waals surface area contributed by atoms with Crippen molar-refractivity contribution in [3.63, 3.8) is 0 Å². The minimum Gasteiger partial charge on any atom is -0.481 e. The Morgan fingerprint density at radius 1 is 1.50 bits per heavy atom. The predicted octanol–water partition coefficient (Wildman–Crippen LogP) is 1.88. The van der Waals surface area contributed by atoms with Gasteiger partial charge in [-0.2, -0.15) is 0 Å². The highest BCUT2D eigenvalue weighted by molar-refractivity contribution is 5.70. The Morgan fingerprint density at radius 2 is 2.21 bits per heavy atom. The lowest BCUT2D eigenvalue weighted by Crippen LogP contribution is -2.39. The Hall–Kier alpha value is -0.570. The van der Waals surface area contributed by atoms with Crippen molar-refractivity contribution in [1.82, 2.24) is 5.32 Å². The van der Waals surface area contributed by atoms with Gasteiger partial charge in [-0.3, -0.25) is 4.79 Å². The molecule has 3 nitrogen and oxygen atoms in total. The molecular weight excluding hydrogens is 178 g/mol. The molecule has 0 aromatic carbocycles. The van der Waals surface area contributed by atoms with E-state index in [9.17, 15) is 4.79 Å². The number of rotatable bonds is 3. The topological polar surface area (TPSA) is 49.3 Å². The van der Waals surface area contributed by atoms with E-state index in [4.69, 9.17) is 5.11 Å². The van der Waals surface area contributed by atoms with Crippen LogP contribution in [0.2, 0.25) is 0 Å². The van der Waals surface area contributed by atoms with Crippen molar-refractivity contribution in [3.05, 3.63) is 0 Å². The molecule has 0 bridgehead atoms. The van der Waals surface area contributed by atoms with Gasteiger partial charge in [-0.15, -0.1) is 0 Å². The molecule has 1 fully saturated rings. The van der Waals surface area contributed by atoms with Crippen molar-refractivity contribution in [1.29, 1.82) is 0 Å². The fraction of sp³-hybridized carbons (Fsp3) is 0.909. The minimum atomic E-state index is -0.634. The maximum absolute atomic E-state index is 11.1. The molecule has 2 N–H and O–H groups in total. The summed E-state index contributed by atoms with van der Waals surface area (Å²) in [6, 6.07) is 0.176. The summed E-state index contributed by atoms with van der Waals surface area (Å²) in [5.74, 6) is -0.252. The summed E-state index contributed by atoms with van der Waals surface area (Å²) in [5.41, 5.74) is 0. The minimum absolute atomic E-state index is 0.176. The van der Waals surface area contributed by atoms with Gasteiger partial charge in [0.1, 0.15) is 0 Å². The van der Waals surface area contributed by atoms with Crippen molar-refractivity contribution in [2.24, 2.45) is 11.8 Å². The number of hydrogen-bond acceptors (Lipinski definition) is 2. The standard InChI is InChI=1S/C11H21NO2/c1-8(2)7-10-9(11(13)14)5-3-4-6-12-10/h8-10,12H,3-7H2,1-2H3,(H,13,14)/t9-,10+/m1/s1. The fourth-order valence-electron chi connectivity index (χ4n) is 2.17. The molecule has 0 unspecified atom stereocenters. The van der Waals surface area contributed by atoms with E-state index in [1.807, 2.05) is 0 Å². The van der Waals surface area contributed by atoms with E-state index >= 15 is 0 Å². The summed E-state index contributed by atoms with van der Waals surface area (Å²) in [5, 5.41) is 12.5. The molecule has 1 heterocycles. The van der Waals surface area contributed by atoms with E-state index in [2.05, 4.69) is 19.2 Å². The number of carbonyl (C=O) groups is 1. The van der Waals surface area contributed by atoms with Gasteiger partial charge in [0.05, 0.1) is 5.92 Å². The molecule has 0 aromatic heterocycles. The van der Waals surface area contributed by atoms with Crippen LogP contribution in [-0.2, 0) is 4.79 Å². The van der Waals surface area contributed by atoms with Crippen LogP contribution in [0, 0.1) is 11.8 Å². The van der Waals surface area contributed by atoms with Crippen LogP contribution < -0.4 is 5.32 Å². The molecule has 14 heavy (non-hydrogen) atoms. The second kappa shape index (κ2) is 5.35. The summed E-state index contributed by atoms with van der Waals surface area (Å²) in [7, 11) is 0. The van der Waals surface area contributed by atoms with Gasteiger partial charge >= 0.3 is 5.97 Å². The first-order valence-electron chi connectivity index (χ1n) is 5.57. The summed E-state index contributed by atoms with van der Waals surface area (Å²) in [6.07, 6.45) is 3.95. The second-order valence-electron chi connectivity index (χ2n) is 4.63. The average Bonchev–Trinajstić information content (AvgIpc) is 2.28. The Bertz CT molecular complexity index is 192. The van der Waals surface area contributed by atoms with E-state index in [0.29, 0.717) is 5.92 Å². The molecule has 1 rings (SSSR count). The van der Waals surface area contributed by atoms with Crippen LogP contribution in [-0.4, -0.2) is 23.7 Å². The monoisotopic (exact) mass is 199 g/mol. The van der Waals surface area contributed by atoms with E-state index in [0.717, 1.165) is 32.2 Å². The Kier molecular flexibility index (Phi) is 4.39. The van der Waals surface area contributed by atoms with Crippen LogP contribution >= 0.6 is 0 Å². The summed E-state index contributed by atoms with van der Waals surface area (Å²) >= 11 is 0.